The van der Waals surface area contributed by atoms with Crippen molar-refractivity contribution in [2.75, 3.05) is 0 Å². The first kappa shape index (κ1) is 11.1. The second-order valence-corrected chi connectivity index (χ2v) is 3.83. The van der Waals surface area contributed by atoms with E-state index in [0.717, 1.165) is 0 Å². The van der Waals surface area contributed by atoms with Gasteiger partial charge >= 0.3 is 0 Å². The van der Waals surface area contributed by atoms with Crippen molar-refractivity contribution in [3.05, 3.63) is 0 Å². The molecule has 0 aromatic carbocycles. The molecular weight excluding hydrogens is 154 g/mol. The topological polar surface area (TPSA) is 46.2 Å². The molecule has 0 radical (unpaired) electrons. The molecule has 0 aromatic heterocycles. The van der Waals surface area contributed by atoms with Gasteiger partial charge in [-0.25, -0.2) is 0 Å². The Morgan fingerprint density at radius 1 is 1.25 bits per heavy atom. The van der Waals surface area contributed by atoms with Crippen molar-refractivity contribution in [2.24, 2.45) is 5.92 Å². The number of carbonyl (C=O) groups excluding carboxylic acids is 2. The minimum absolute atomic E-state index is 0.0492. The summed E-state index contributed by atoms with van der Waals surface area (Å²) in [6.07, 6.45) is 0. The molecule has 3 nitrogen and oxygen atoms in total. The fraction of sp³-hybridized carbons (Fsp3) is 0.778. The summed E-state index contributed by atoms with van der Waals surface area (Å²) in [6.45, 7) is 8.50. The Morgan fingerprint density at radius 2 is 1.67 bits per heavy atom. The molecule has 0 saturated carbocycles. The Hall–Kier alpha value is -0.860. The average Bonchev–Trinajstić information content (AvgIpc) is 1.82. The lowest BCUT2D eigenvalue weighted by Crippen LogP contribution is -2.50. The van der Waals surface area contributed by atoms with Gasteiger partial charge < -0.3 is 5.32 Å². The summed E-state index contributed by atoms with van der Waals surface area (Å²) < 4.78 is 0. The van der Waals surface area contributed by atoms with Crippen molar-refractivity contribution in [1.82, 2.24) is 5.32 Å². The van der Waals surface area contributed by atoms with Crippen LogP contribution in [0.25, 0.3) is 0 Å². The highest BCUT2D eigenvalue weighted by molar-refractivity contribution is 5.92. The van der Waals surface area contributed by atoms with Crippen molar-refractivity contribution < 1.29 is 9.59 Å². The molecule has 0 aliphatic carbocycles. The third-order valence-corrected chi connectivity index (χ3v) is 1.63. The summed E-state index contributed by atoms with van der Waals surface area (Å²) in [5, 5.41) is 2.61. The van der Waals surface area contributed by atoms with Gasteiger partial charge in [0.05, 0.1) is 5.54 Å². The van der Waals surface area contributed by atoms with Crippen LogP contribution >= 0.6 is 0 Å². The number of Topliss-reactive ketones (excluding diaryl/α,β-unsaturated/α-hetero) is 1. The summed E-state index contributed by atoms with van der Waals surface area (Å²) in [5.41, 5.74) is -0.736. The molecule has 3 heteroatoms. The van der Waals surface area contributed by atoms with Crippen LogP contribution in [0.15, 0.2) is 0 Å². The first-order chi connectivity index (χ1) is 5.27. The zero-order valence-corrected chi connectivity index (χ0v) is 8.39. The zero-order chi connectivity index (χ0) is 9.94. The highest BCUT2D eigenvalue weighted by Crippen LogP contribution is 2.10. The maximum absolute atomic E-state index is 11.5. The molecule has 0 aliphatic rings. The normalized spacial score (nSPS) is 11.5. The van der Waals surface area contributed by atoms with Gasteiger partial charge in [-0.2, -0.15) is 0 Å². The van der Waals surface area contributed by atoms with E-state index in [0.29, 0.717) is 0 Å². The summed E-state index contributed by atoms with van der Waals surface area (Å²) >= 11 is 0. The number of amides is 1. The van der Waals surface area contributed by atoms with E-state index in [1.165, 1.54) is 6.92 Å². The van der Waals surface area contributed by atoms with E-state index in [4.69, 9.17) is 0 Å². The van der Waals surface area contributed by atoms with Crippen LogP contribution in [0, 0.1) is 5.92 Å². The fourth-order valence-electron chi connectivity index (χ4n) is 1.22. The van der Waals surface area contributed by atoms with E-state index in [-0.39, 0.29) is 17.6 Å². The molecule has 0 aromatic rings. The van der Waals surface area contributed by atoms with Gasteiger partial charge in [-0.1, -0.05) is 13.8 Å². The van der Waals surface area contributed by atoms with E-state index in [9.17, 15) is 9.59 Å². The van der Waals surface area contributed by atoms with Gasteiger partial charge in [0.15, 0.2) is 5.78 Å². The number of nitrogens with one attached hydrogen (secondary N) is 1. The van der Waals surface area contributed by atoms with E-state index in [2.05, 4.69) is 5.32 Å². The van der Waals surface area contributed by atoms with Gasteiger partial charge in [-0.15, -0.1) is 0 Å². The van der Waals surface area contributed by atoms with Crippen molar-refractivity contribution in [3.63, 3.8) is 0 Å². The van der Waals surface area contributed by atoms with Crippen molar-refractivity contribution in [3.8, 4) is 0 Å². The Bertz CT molecular complexity index is 195. The monoisotopic (exact) mass is 171 g/mol. The minimum atomic E-state index is -0.736. The number of rotatable bonds is 3. The van der Waals surface area contributed by atoms with Crippen LogP contribution in [0.2, 0.25) is 0 Å². The summed E-state index contributed by atoms with van der Waals surface area (Å²) in [7, 11) is 0. The minimum Gasteiger partial charge on any atom is -0.344 e. The highest BCUT2D eigenvalue weighted by Gasteiger charge is 2.29. The van der Waals surface area contributed by atoms with E-state index in [1.54, 1.807) is 13.8 Å². The van der Waals surface area contributed by atoms with Gasteiger partial charge in [0, 0.05) is 12.8 Å². The van der Waals surface area contributed by atoms with Crippen molar-refractivity contribution in [2.45, 2.75) is 40.2 Å². The Balaban J connectivity index is 4.39. The van der Waals surface area contributed by atoms with Crippen LogP contribution in [-0.2, 0) is 9.59 Å². The van der Waals surface area contributed by atoms with Crippen LogP contribution in [0.4, 0.5) is 0 Å². The molecule has 1 N–H and O–H groups in total. The Morgan fingerprint density at radius 3 is 1.92 bits per heavy atom. The molecule has 0 saturated heterocycles. The smallest absolute Gasteiger partial charge is 0.217 e. The average molecular weight is 171 g/mol. The SMILES string of the molecule is CC(=O)NC(C)(C)C(=O)C(C)C. The molecule has 0 aliphatic heterocycles. The number of ketones is 1. The maximum Gasteiger partial charge on any atom is 0.217 e. The van der Waals surface area contributed by atoms with E-state index < -0.39 is 5.54 Å². The molecule has 70 valence electrons. The molecule has 0 heterocycles. The maximum atomic E-state index is 11.5. The summed E-state index contributed by atoms with van der Waals surface area (Å²) in [4.78, 5) is 22.2. The first-order valence-electron chi connectivity index (χ1n) is 4.10. The van der Waals surface area contributed by atoms with Crippen molar-refractivity contribution >= 4 is 11.7 Å². The predicted octanol–water partition coefficient (Wildman–Crippen LogP) is 1.13. The second kappa shape index (κ2) is 3.70. The lowest BCUT2D eigenvalue weighted by molar-refractivity contribution is -0.132. The van der Waals surface area contributed by atoms with Gasteiger partial charge in [-0.3, -0.25) is 9.59 Å². The Labute approximate surface area is 73.5 Å². The van der Waals surface area contributed by atoms with Crippen LogP contribution in [0.3, 0.4) is 0 Å². The van der Waals surface area contributed by atoms with E-state index in [1.807, 2.05) is 13.8 Å². The molecule has 0 rings (SSSR count). The van der Waals surface area contributed by atoms with Crippen LogP contribution in [0.1, 0.15) is 34.6 Å². The molecule has 0 unspecified atom stereocenters. The van der Waals surface area contributed by atoms with Crippen LogP contribution in [-0.4, -0.2) is 17.2 Å². The van der Waals surface area contributed by atoms with Gasteiger partial charge in [0.2, 0.25) is 5.91 Å². The molecule has 0 bridgehead atoms. The molecule has 0 spiro atoms. The van der Waals surface area contributed by atoms with Gasteiger partial charge in [0.25, 0.3) is 0 Å². The Kier molecular flexibility index (Phi) is 3.43. The van der Waals surface area contributed by atoms with Gasteiger partial charge in [-0.05, 0) is 13.8 Å². The summed E-state index contributed by atoms with van der Waals surface area (Å²) in [5.74, 6) is -0.168. The third-order valence-electron chi connectivity index (χ3n) is 1.63. The second-order valence-electron chi connectivity index (χ2n) is 3.83. The molecule has 1 amide bonds. The standard InChI is InChI=1S/C9H17NO2/c1-6(2)8(12)9(4,5)10-7(3)11/h6H,1-5H3,(H,10,11). The lowest BCUT2D eigenvalue weighted by Gasteiger charge is -2.25. The van der Waals surface area contributed by atoms with Crippen LogP contribution < -0.4 is 5.32 Å². The number of hydrogen-bond donors (Lipinski definition) is 1. The molecule has 0 atom stereocenters. The fourth-order valence-corrected chi connectivity index (χ4v) is 1.22. The number of carbonyl (C=O) groups is 2. The van der Waals surface area contributed by atoms with E-state index >= 15 is 0 Å². The van der Waals surface area contributed by atoms with Crippen LogP contribution in [0.5, 0.6) is 0 Å². The molecule has 0 fully saturated rings. The lowest BCUT2D eigenvalue weighted by atomic mass is 9.91. The largest absolute Gasteiger partial charge is 0.344 e. The highest BCUT2D eigenvalue weighted by atomic mass is 16.2. The predicted molar refractivity (Wildman–Crippen MR) is 47.7 cm³/mol. The summed E-state index contributed by atoms with van der Waals surface area (Å²) in [6, 6.07) is 0. The number of hydrogen-bond acceptors (Lipinski definition) is 2. The van der Waals surface area contributed by atoms with Crippen molar-refractivity contribution in [1.29, 1.82) is 0 Å². The zero-order valence-electron chi connectivity index (χ0n) is 8.39. The third kappa shape index (κ3) is 3.03. The molecular formula is C9H17NO2. The van der Waals surface area contributed by atoms with Gasteiger partial charge in [0.1, 0.15) is 0 Å². The molecule has 12 heavy (non-hydrogen) atoms. The first-order valence-corrected chi connectivity index (χ1v) is 4.10. The quantitative estimate of drug-likeness (QED) is 0.691.